The van der Waals surface area contributed by atoms with Gasteiger partial charge < -0.3 is 24.6 Å². The zero-order chi connectivity index (χ0) is 27.4. The molecule has 1 aromatic carbocycles. The number of nitrogens with zero attached hydrogens (tertiary/aromatic N) is 3. The summed E-state index contributed by atoms with van der Waals surface area (Å²) in [6.07, 6.45) is 6.08. The Balaban J connectivity index is 1.54. The molecule has 2 aliphatic heterocycles. The summed E-state index contributed by atoms with van der Waals surface area (Å²) in [4.78, 5) is 65.6. The number of likely N-dealkylation sites (N-methyl/N-ethyl adjacent to an activating group) is 1. The Morgan fingerprint density at radius 1 is 1.21 bits per heavy atom. The number of carbonyl (C=O) groups is 4. The van der Waals surface area contributed by atoms with E-state index in [0.29, 0.717) is 13.0 Å². The zero-order valence-corrected chi connectivity index (χ0v) is 21.5. The van der Waals surface area contributed by atoms with E-state index in [1.165, 1.54) is 29.2 Å². The molecule has 1 aliphatic carbocycles. The molecular weight excluding hydrogens is 496 g/mol. The summed E-state index contributed by atoms with van der Waals surface area (Å²) < 4.78 is 10.8. The minimum absolute atomic E-state index is 0.0474. The summed E-state index contributed by atoms with van der Waals surface area (Å²) >= 11 is 0. The van der Waals surface area contributed by atoms with Crippen molar-refractivity contribution in [2.75, 3.05) is 26.7 Å². The molecule has 12 heteroatoms. The molecule has 0 aromatic heterocycles. The maximum atomic E-state index is 13.5. The van der Waals surface area contributed by atoms with Crippen LogP contribution in [-0.2, 0) is 19.1 Å². The van der Waals surface area contributed by atoms with E-state index < -0.39 is 40.6 Å². The molecule has 1 saturated carbocycles. The van der Waals surface area contributed by atoms with Crippen molar-refractivity contribution in [3.63, 3.8) is 0 Å². The molecule has 0 spiro atoms. The monoisotopic (exact) mass is 528 g/mol. The number of carbonyl (C=O) groups excluding carboxylic acids is 4. The highest BCUT2D eigenvalue weighted by Crippen LogP contribution is 2.46. The van der Waals surface area contributed by atoms with E-state index in [9.17, 15) is 29.3 Å². The first kappa shape index (κ1) is 27.1. The van der Waals surface area contributed by atoms with Gasteiger partial charge in [-0.15, -0.1) is 0 Å². The Kier molecular flexibility index (Phi) is 7.98. The van der Waals surface area contributed by atoms with Crippen LogP contribution in [0.3, 0.4) is 0 Å². The van der Waals surface area contributed by atoms with E-state index in [-0.39, 0.29) is 42.6 Å². The highest BCUT2D eigenvalue weighted by molar-refractivity contribution is 5.94. The first-order chi connectivity index (χ1) is 18.2. The Morgan fingerprint density at radius 3 is 2.63 bits per heavy atom. The summed E-state index contributed by atoms with van der Waals surface area (Å²) in [6.45, 7) is 2.33. The van der Waals surface area contributed by atoms with Crippen LogP contribution in [0.1, 0.15) is 49.4 Å². The molecule has 0 radical (unpaired) electrons. The van der Waals surface area contributed by atoms with E-state index in [4.69, 9.17) is 9.47 Å². The van der Waals surface area contributed by atoms with Crippen LogP contribution in [0, 0.1) is 16.0 Å². The van der Waals surface area contributed by atoms with Crippen molar-refractivity contribution in [2.45, 2.75) is 56.7 Å². The molecule has 3 amide bonds. The Hall–Kier alpha value is -3.96. The van der Waals surface area contributed by atoms with Gasteiger partial charge in [0.1, 0.15) is 17.7 Å². The predicted octanol–water partition coefficient (Wildman–Crippen LogP) is 2.42. The molecule has 0 bridgehead atoms. The molecule has 4 atom stereocenters. The Morgan fingerprint density at radius 2 is 1.95 bits per heavy atom. The van der Waals surface area contributed by atoms with Gasteiger partial charge in [-0.05, 0) is 44.7 Å². The second-order valence-corrected chi connectivity index (χ2v) is 9.85. The van der Waals surface area contributed by atoms with E-state index in [1.807, 2.05) is 12.2 Å². The van der Waals surface area contributed by atoms with Crippen LogP contribution in [0.2, 0.25) is 0 Å². The van der Waals surface area contributed by atoms with Gasteiger partial charge in [-0.2, -0.15) is 0 Å². The number of nitrogens with one attached hydrogen (secondary N) is 1. The first-order valence-corrected chi connectivity index (χ1v) is 12.8. The average Bonchev–Trinajstić information content (AvgIpc) is 3.42. The van der Waals surface area contributed by atoms with Crippen molar-refractivity contribution in [2.24, 2.45) is 5.92 Å². The second-order valence-electron chi connectivity index (χ2n) is 9.85. The van der Waals surface area contributed by atoms with Crippen molar-refractivity contribution < 1.29 is 33.6 Å². The average molecular weight is 529 g/mol. The van der Waals surface area contributed by atoms with Gasteiger partial charge in [0.25, 0.3) is 5.69 Å². The summed E-state index contributed by atoms with van der Waals surface area (Å²) in [6, 6.07) is 3.50. The number of rotatable bonds is 5. The fourth-order valence-electron chi connectivity index (χ4n) is 4.99. The fraction of sp³-hybridized carbons (Fsp3) is 0.538. The fourth-order valence-corrected chi connectivity index (χ4v) is 4.99. The van der Waals surface area contributed by atoms with Gasteiger partial charge in [-0.1, -0.05) is 12.2 Å². The van der Waals surface area contributed by atoms with E-state index in [1.54, 1.807) is 18.9 Å². The highest BCUT2D eigenvalue weighted by Gasteiger charge is 2.62. The molecular formula is C26H32N4O8. The zero-order valence-electron chi connectivity index (χ0n) is 21.5. The molecule has 12 nitrogen and oxygen atoms in total. The quantitative estimate of drug-likeness (QED) is 0.265. The molecule has 0 unspecified atom stereocenters. The number of ether oxygens (including phenoxy) is 2. The van der Waals surface area contributed by atoms with Crippen LogP contribution in [0.5, 0.6) is 0 Å². The molecule has 3 aliphatic rings. The number of nitro benzene ring substituents is 1. The van der Waals surface area contributed by atoms with Crippen molar-refractivity contribution in [1.29, 1.82) is 0 Å². The van der Waals surface area contributed by atoms with Crippen LogP contribution < -0.4 is 5.32 Å². The van der Waals surface area contributed by atoms with Gasteiger partial charge in [0.05, 0.1) is 23.6 Å². The smallest absolute Gasteiger partial charge is 0.338 e. The second kappa shape index (κ2) is 11.2. The lowest BCUT2D eigenvalue weighted by Crippen LogP contribution is -2.55. The minimum atomic E-state index is -1.19. The van der Waals surface area contributed by atoms with Crippen LogP contribution in [0.15, 0.2) is 36.4 Å². The van der Waals surface area contributed by atoms with E-state index >= 15 is 0 Å². The molecule has 4 rings (SSSR count). The van der Waals surface area contributed by atoms with Gasteiger partial charge in [-0.3, -0.25) is 14.9 Å². The van der Waals surface area contributed by atoms with Crippen molar-refractivity contribution in [3.8, 4) is 0 Å². The number of fused-ring (bicyclic) bond motifs is 2. The lowest BCUT2D eigenvalue weighted by molar-refractivity contribution is -0.384. The number of hydrogen-bond acceptors (Lipinski definition) is 8. The molecule has 1 N–H and O–H groups in total. The number of hydrogen-bond donors (Lipinski definition) is 1. The largest absolute Gasteiger partial charge is 0.464 e. The third-order valence-electron chi connectivity index (χ3n) is 7.24. The number of amides is 3. The number of benzene rings is 1. The lowest BCUT2D eigenvalue weighted by Gasteiger charge is -2.29. The number of non-ortho nitro benzene ring substituents is 1. The normalized spacial score (nSPS) is 27.5. The molecule has 2 fully saturated rings. The number of nitro groups is 1. The van der Waals surface area contributed by atoms with E-state index in [2.05, 4.69) is 5.32 Å². The van der Waals surface area contributed by atoms with Crippen molar-refractivity contribution >= 4 is 29.6 Å². The Bertz CT molecular complexity index is 1140. The van der Waals surface area contributed by atoms with Gasteiger partial charge >= 0.3 is 18.0 Å². The number of allylic oxidation sites excluding steroid dienone is 1. The number of esters is 2. The van der Waals surface area contributed by atoms with Crippen LogP contribution >= 0.6 is 0 Å². The maximum Gasteiger partial charge on any atom is 0.338 e. The van der Waals surface area contributed by atoms with Gasteiger partial charge in [0, 0.05) is 38.1 Å². The number of urea groups is 1. The third-order valence-corrected chi connectivity index (χ3v) is 7.24. The highest BCUT2D eigenvalue weighted by atomic mass is 16.6. The molecule has 1 aromatic rings. The van der Waals surface area contributed by atoms with Gasteiger partial charge in [0.2, 0.25) is 5.91 Å². The van der Waals surface area contributed by atoms with E-state index in [0.717, 1.165) is 19.3 Å². The van der Waals surface area contributed by atoms with Crippen molar-refractivity contribution in [1.82, 2.24) is 15.1 Å². The van der Waals surface area contributed by atoms with Gasteiger partial charge in [0.15, 0.2) is 0 Å². The SMILES string of the molecule is CCOC(=O)[C@@]12C[C@H]1C=CCCCCN(C)C(=O)[C@@H]1C[C@H](OC(=O)c3ccc([N+](=O)[O-])cc3)CN1C(=O)N2. The minimum Gasteiger partial charge on any atom is -0.464 e. The summed E-state index contributed by atoms with van der Waals surface area (Å²) in [5, 5.41) is 13.7. The Labute approximate surface area is 220 Å². The standard InChI is InChI=1S/C26H32N4O8/c1-3-37-24(33)26-15-18(26)8-6-4-5-7-13-28(2)22(31)21-14-20(16-29(21)25(34)27-26)38-23(32)17-9-11-19(12-10-17)30(35)36/h6,8-12,18,20-21H,3-5,7,13-16H2,1-2H3,(H,27,34)/t18-,20+,21+,26-/m1/s1. The lowest BCUT2D eigenvalue weighted by atomic mass is 10.1. The molecule has 204 valence electrons. The van der Waals surface area contributed by atoms with Crippen LogP contribution in [0.4, 0.5) is 10.5 Å². The predicted molar refractivity (Wildman–Crippen MR) is 134 cm³/mol. The summed E-state index contributed by atoms with van der Waals surface area (Å²) in [5.74, 6) is -1.72. The van der Waals surface area contributed by atoms with Crippen LogP contribution in [-0.4, -0.2) is 83.0 Å². The topological polar surface area (TPSA) is 148 Å². The summed E-state index contributed by atoms with van der Waals surface area (Å²) in [7, 11) is 1.67. The maximum absolute atomic E-state index is 13.5. The van der Waals surface area contributed by atoms with Gasteiger partial charge in [-0.25, -0.2) is 14.4 Å². The first-order valence-electron chi connectivity index (χ1n) is 12.8. The van der Waals surface area contributed by atoms with Crippen molar-refractivity contribution in [3.05, 3.63) is 52.1 Å². The molecule has 2 heterocycles. The molecule has 38 heavy (non-hydrogen) atoms. The third kappa shape index (κ3) is 5.63. The molecule has 1 saturated heterocycles. The summed E-state index contributed by atoms with van der Waals surface area (Å²) in [5.41, 5.74) is -1.24. The van der Waals surface area contributed by atoms with Crippen LogP contribution in [0.25, 0.3) is 0 Å².